The van der Waals surface area contributed by atoms with Crippen molar-refractivity contribution < 1.29 is 9.59 Å². The minimum Gasteiger partial charge on any atom is -0.335 e. The van der Waals surface area contributed by atoms with Crippen LogP contribution in [-0.4, -0.2) is 52.8 Å². The maximum Gasteiger partial charge on any atom is 0.256 e. The molecule has 2 heterocycles. The molecule has 0 atom stereocenters. The van der Waals surface area contributed by atoms with Gasteiger partial charge in [-0.15, -0.1) is 0 Å². The number of pyridine rings is 1. The van der Waals surface area contributed by atoms with Crippen molar-refractivity contribution >= 4 is 22.7 Å². The van der Waals surface area contributed by atoms with E-state index in [1.54, 1.807) is 6.20 Å². The average Bonchev–Trinajstić information content (AvgIpc) is 2.71. The summed E-state index contributed by atoms with van der Waals surface area (Å²) in [6.45, 7) is 6.12. The van der Waals surface area contributed by atoms with Gasteiger partial charge in [-0.25, -0.2) is 0 Å². The monoisotopic (exact) mass is 373 g/mol. The Morgan fingerprint density at radius 3 is 2.11 bits per heavy atom. The molecule has 0 unspecified atom stereocenters. The van der Waals surface area contributed by atoms with Crippen LogP contribution < -0.4 is 0 Å². The number of fused-ring (bicyclic) bond motifs is 1. The molecule has 0 N–H and O–H groups in total. The zero-order chi connectivity index (χ0) is 19.7. The smallest absolute Gasteiger partial charge is 0.256 e. The van der Waals surface area contributed by atoms with Crippen molar-refractivity contribution in [1.29, 1.82) is 0 Å². The van der Waals surface area contributed by atoms with Crippen LogP contribution in [0.4, 0.5) is 0 Å². The maximum atomic E-state index is 13.0. The van der Waals surface area contributed by atoms with Gasteiger partial charge in [-0.05, 0) is 38.1 Å². The number of rotatable bonds is 2. The van der Waals surface area contributed by atoms with Crippen LogP contribution in [-0.2, 0) is 0 Å². The summed E-state index contributed by atoms with van der Waals surface area (Å²) in [4.78, 5) is 33.9. The fourth-order valence-corrected chi connectivity index (χ4v) is 3.84. The molecule has 0 saturated carbocycles. The molecule has 0 aliphatic carbocycles. The van der Waals surface area contributed by atoms with Crippen LogP contribution in [0.3, 0.4) is 0 Å². The van der Waals surface area contributed by atoms with Gasteiger partial charge in [-0.3, -0.25) is 14.6 Å². The first-order valence-corrected chi connectivity index (χ1v) is 9.53. The molecule has 2 aromatic carbocycles. The van der Waals surface area contributed by atoms with Crippen molar-refractivity contribution in [3.63, 3.8) is 0 Å². The summed E-state index contributed by atoms with van der Waals surface area (Å²) in [5.74, 6) is 0.00789. The summed E-state index contributed by atoms with van der Waals surface area (Å²) >= 11 is 0. The third-order valence-corrected chi connectivity index (χ3v) is 5.19. The second-order valence-corrected chi connectivity index (χ2v) is 7.34. The number of aryl methyl sites for hydroxylation is 2. The molecular formula is C23H23N3O2. The molecule has 1 fully saturated rings. The Kier molecular flexibility index (Phi) is 4.82. The Labute approximate surface area is 164 Å². The topological polar surface area (TPSA) is 53.5 Å². The van der Waals surface area contributed by atoms with Crippen LogP contribution >= 0.6 is 0 Å². The van der Waals surface area contributed by atoms with Crippen LogP contribution in [0.25, 0.3) is 10.9 Å². The first-order valence-electron chi connectivity index (χ1n) is 9.53. The first-order chi connectivity index (χ1) is 13.5. The van der Waals surface area contributed by atoms with Gasteiger partial charge in [0.2, 0.25) is 0 Å². The van der Waals surface area contributed by atoms with Gasteiger partial charge < -0.3 is 9.80 Å². The summed E-state index contributed by atoms with van der Waals surface area (Å²) in [6, 6.07) is 15.4. The highest BCUT2D eigenvalue weighted by molar-refractivity contribution is 6.05. The zero-order valence-corrected chi connectivity index (χ0v) is 16.2. The van der Waals surface area contributed by atoms with Gasteiger partial charge in [0.25, 0.3) is 11.8 Å². The predicted molar refractivity (Wildman–Crippen MR) is 109 cm³/mol. The molecule has 1 aliphatic rings. The molecular weight excluding hydrogens is 350 g/mol. The lowest BCUT2D eigenvalue weighted by Crippen LogP contribution is -2.50. The van der Waals surface area contributed by atoms with E-state index in [0.717, 1.165) is 27.6 Å². The van der Waals surface area contributed by atoms with E-state index in [1.807, 2.05) is 66.1 Å². The molecule has 0 radical (unpaired) electrons. The summed E-state index contributed by atoms with van der Waals surface area (Å²) in [7, 11) is 0. The SMILES string of the molecule is Cc1cc(C)cc(C(=O)N2CCN(C(=O)c3cccc4cccnc34)CC2)c1. The standard InChI is InChI=1S/C23H23N3O2/c1-16-13-17(2)15-19(14-16)22(27)25-9-11-26(12-10-25)23(28)20-7-3-5-18-6-4-8-24-21(18)20/h3-8,13-15H,9-12H2,1-2H3. The highest BCUT2D eigenvalue weighted by Crippen LogP contribution is 2.19. The highest BCUT2D eigenvalue weighted by Gasteiger charge is 2.26. The zero-order valence-electron chi connectivity index (χ0n) is 16.2. The number of nitrogens with zero attached hydrogens (tertiary/aromatic N) is 3. The van der Waals surface area contributed by atoms with E-state index in [0.29, 0.717) is 31.7 Å². The van der Waals surface area contributed by atoms with Crippen LogP contribution in [0, 0.1) is 13.8 Å². The highest BCUT2D eigenvalue weighted by atomic mass is 16.2. The van der Waals surface area contributed by atoms with Crippen LogP contribution in [0.5, 0.6) is 0 Å². The summed E-state index contributed by atoms with van der Waals surface area (Å²) in [5, 5.41) is 0.956. The number of piperazine rings is 1. The lowest BCUT2D eigenvalue weighted by molar-refractivity contribution is 0.0536. The van der Waals surface area contributed by atoms with Gasteiger partial charge >= 0.3 is 0 Å². The fourth-order valence-electron chi connectivity index (χ4n) is 3.84. The van der Waals surface area contributed by atoms with Crippen LogP contribution in [0.15, 0.2) is 54.7 Å². The summed E-state index contributed by atoms with van der Waals surface area (Å²) < 4.78 is 0. The van der Waals surface area contributed by atoms with Gasteiger partial charge in [0, 0.05) is 43.3 Å². The fraction of sp³-hybridized carbons (Fsp3) is 0.261. The van der Waals surface area contributed by atoms with E-state index >= 15 is 0 Å². The van der Waals surface area contributed by atoms with E-state index in [2.05, 4.69) is 11.1 Å². The molecule has 1 saturated heterocycles. The molecule has 5 nitrogen and oxygen atoms in total. The molecule has 0 spiro atoms. The van der Waals surface area contributed by atoms with E-state index in [-0.39, 0.29) is 11.8 Å². The van der Waals surface area contributed by atoms with Gasteiger partial charge in [-0.2, -0.15) is 0 Å². The number of carbonyl (C=O) groups is 2. The molecule has 2 amide bonds. The van der Waals surface area contributed by atoms with E-state index < -0.39 is 0 Å². The predicted octanol–water partition coefficient (Wildman–Crippen LogP) is 3.45. The second kappa shape index (κ2) is 7.43. The number of carbonyl (C=O) groups excluding carboxylic acids is 2. The second-order valence-electron chi connectivity index (χ2n) is 7.34. The lowest BCUT2D eigenvalue weighted by atomic mass is 10.1. The first kappa shape index (κ1) is 18.2. The number of para-hydroxylation sites is 1. The largest absolute Gasteiger partial charge is 0.335 e. The Bertz CT molecular complexity index is 1030. The van der Waals surface area contributed by atoms with Gasteiger partial charge in [0.15, 0.2) is 0 Å². The van der Waals surface area contributed by atoms with E-state index in [9.17, 15) is 9.59 Å². The Morgan fingerprint density at radius 2 is 1.43 bits per heavy atom. The van der Waals surface area contributed by atoms with Crippen molar-refractivity contribution in [3.05, 3.63) is 77.0 Å². The average molecular weight is 373 g/mol. The number of amides is 2. The van der Waals surface area contributed by atoms with Crippen molar-refractivity contribution in [1.82, 2.24) is 14.8 Å². The molecule has 1 aromatic heterocycles. The Hall–Kier alpha value is -3.21. The van der Waals surface area contributed by atoms with E-state index in [4.69, 9.17) is 0 Å². The van der Waals surface area contributed by atoms with Gasteiger partial charge in [0.1, 0.15) is 0 Å². The molecule has 3 aromatic rings. The molecule has 4 rings (SSSR count). The molecule has 142 valence electrons. The third-order valence-electron chi connectivity index (χ3n) is 5.19. The third kappa shape index (κ3) is 3.48. The number of aromatic nitrogens is 1. The minimum atomic E-state index is -0.0252. The number of hydrogen-bond acceptors (Lipinski definition) is 3. The molecule has 0 bridgehead atoms. The van der Waals surface area contributed by atoms with Crippen molar-refractivity contribution in [3.8, 4) is 0 Å². The van der Waals surface area contributed by atoms with Crippen LogP contribution in [0.2, 0.25) is 0 Å². The minimum absolute atomic E-state index is 0.0252. The number of hydrogen-bond donors (Lipinski definition) is 0. The quantitative estimate of drug-likeness (QED) is 0.691. The maximum absolute atomic E-state index is 13.0. The summed E-state index contributed by atoms with van der Waals surface area (Å²) in [6.07, 6.45) is 1.71. The van der Waals surface area contributed by atoms with Crippen molar-refractivity contribution in [2.24, 2.45) is 0 Å². The van der Waals surface area contributed by atoms with Gasteiger partial charge in [0.05, 0.1) is 11.1 Å². The van der Waals surface area contributed by atoms with Crippen molar-refractivity contribution in [2.75, 3.05) is 26.2 Å². The molecule has 28 heavy (non-hydrogen) atoms. The normalized spacial score (nSPS) is 14.4. The Balaban J connectivity index is 1.48. The lowest BCUT2D eigenvalue weighted by Gasteiger charge is -2.35. The van der Waals surface area contributed by atoms with Crippen LogP contribution in [0.1, 0.15) is 31.8 Å². The molecule has 5 heteroatoms. The Morgan fingerprint density at radius 1 is 0.821 bits per heavy atom. The van der Waals surface area contributed by atoms with Gasteiger partial charge in [-0.1, -0.05) is 35.4 Å². The molecule has 1 aliphatic heterocycles. The number of benzene rings is 2. The van der Waals surface area contributed by atoms with Crippen molar-refractivity contribution in [2.45, 2.75) is 13.8 Å². The van der Waals surface area contributed by atoms with E-state index in [1.165, 1.54) is 0 Å². The summed E-state index contributed by atoms with van der Waals surface area (Å²) in [5.41, 5.74) is 4.23.